The monoisotopic (exact) mass is 360 g/mol. The second-order valence-corrected chi connectivity index (χ2v) is 7.59. The van der Waals surface area contributed by atoms with Crippen molar-refractivity contribution in [2.24, 2.45) is 5.14 Å². The third-order valence-corrected chi connectivity index (χ3v) is 5.27. The van der Waals surface area contributed by atoms with Crippen LogP contribution in [0.15, 0.2) is 41.3 Å². The first-order chi connectivity index (χ1) is 11.9. The molecule has 2 aromatic rings. The van der Waals surface area contributed by atoms with Gasteiger partial charge in [0.05, 0.1) is 7.11 Å². The highest BCUT2D eigenvalue weighted by Crippen LogP contribution is 2.27. The number of carbonyl (C=O) groups excluding carboxylic acids is 1. The molecule has 132 valence electrons. The Morgan fingerprint density at radius 3 is 2.48 bits per heavy atom. The van der Waals surface area contributed by atoms with E-state index in [1.54, 1.807) is 12.1 Å². The highest BCUT2D eigenvalue weighted by atomic mass is 32.2. The first-order valence-electron chi connectivity index (χ1n) is 8.02. The number of amides is 1. The Hall–Kier alpha value is -2.38. The largest absolute Gasteiger partial charge is 0.495 e. The highest BCUT2D eigenvalue weighted by Gasteiger charge is 2.17. The number of methoxy groups -OCH3 is 1. The number of primary sulfonamides is 1. The van der Waals surface area contributed by atoms with E-state index in [1.807, 2.05) is 12.1 Å². The van der Waals surface area contributed by atoms with E-state index in [4.69, 9.17) is 9.88 Å². The van der Waals surface area contributed by atoms with Crippen molar-refractivity contribution in [2.75, 3.05) is 12.4 Å². The summed E-state index contributed by atoms with van der Waals surface area (Å²) in [7, 11) is -2.60. The van der Waals surface area contributed by atoms with Crippen molar-refractivity contribution in [3.63, 3.8) is 0 Å². The number of sulfonamides is 1. The normalized spacial score (nSPS) is 13.8. The van der Waals surface area contributed by atoms with E-state index in [-0.39, 0.29) is 16.6 Å². The summed E-state index contributed by atoms with van der Waals surface area (Å²) in [5.41, 5.74) is 3.39. The van der Waals surface area contributed by atoms with Gasteiger partial charge in [0.25, 0.3) is 5.91 Å². The van der Waals surface area contributed by atoms with E-state index in [0.717, 1.165) is 19.3 Å². The molecule has 0 radical (unpaired) electrons. The van der Waals surface area contributed by atoms with Crippen LogP contribution in [0.5, 0.6) is 5.75 Å². The second-order valence-electron chi connectivity index (χ2n) is 6.06. The smallest absolute Gasteiger partial charge is 0.255 e. The Morgan fingerprint density at radius 2 is 1.80 bits per heavy atom. The summed E-state index contributed by atoms with van der Waals surface area (Å²) in [6, 6.07) is 10.0. The third kappa shape index (κ3) is 3.83. The zero-order valence-corrected chi connectivity index (χ0v) is 14.7. The quantitative estimate of drug-likeness (QED) is 0.875. The summed E-state index contributed by atoms with van der Waals surface area (Å²) in [5.74, 6) is -0.159. The van der Waals surface area contributed by atoms with Crippen molar-refractivity contribution in [3.05, 3.63) is 53.1 Å². The number of carbonyl (C=O) groups is 1. The molecule has 0 unspecified atom stereocenters. The van der Waals surface area contributed by atoms with Gasteiger partial charge in [-0.1, -0.05) is 6.07 Å². The zero-order valence-electron chi connectivity index (χ0n) is 13.9. The lowest BCUT2D eigenvalue weighted by Crippen LogP contribution is -2.16. The molecule has 7 heteroatoms. The first-order valence-corrected chi connectivity index (χ1v) is 9.57. The van der Waals surface area contributed by atoms with Crippen molar-refractivity contribution in [1.29, 1.82) is 0 Å². The number of nitrogens with two attached hydrogens (primary N) is 1. The van der Waals surface area contributed by atoms with Gasteiger partial charge in [-0.05, 0) is 67.1 Å². The van der Waals surface area contributed by atoms with Crippen molar-refractivity contribution < 1.29 is 17.9 Å². The van der Waals surface area contributed by atoms with Gasteiger partial charge in [0.1, 0.15) is 10.6 Å². The van der Waals surface area contributed by atoms with Gasteiger partial charge in [0.15, 0.2) is 0 Å². The van der Waals surface area contributed by atoms with Crippen molar-refractivity contribution in [2.45, 2.75) is 30.6 Å². The summed E-state index contributed by atoms with van der Waals surface area (Å²) in [5, 5.41) is 7.91. The molecule has 0 saturated heterocycles. The first kappa shape index (κ1) is 17.4. The maximum atomic E-state index is 12.5. The van der Waals surface area contributed by atoms with E-state index in [0.29, 0.717) is 11.3 Å². The lowest BCUT2D eigenvalue weighted by atomic mass is 9.90. The number of nitrogens with one attached hydrogen (secondary N) is 1. The topological polar surface area (TPSA) is 98.5 Å². The summed E-state index contributed by atoms with van der Waals surface area (Å²) in [4.78, 5) is 12.3. The lowest BCUT2D eigenvalue weighted by Gasteiger charge is -2.16. The molecule has 0 fully saturated rings. The standard InChI is InChI=1S/C18H20N2O4S/c1-24-16-9-8-15(11-17(16)25(19,22)23)20-18(21)14-7-6-12-4-2-3-5-13(12)10-14/h6-11H,2-5H2,1H3,(H,20,21)(H2,19,22,23). The van der Waals surface area contributed by atoms with Crippen LogP contribution in [-0.4, -0.2) is 21.4 Å². The maximum absolute atomic E-state index is 12.5. The fraction of sp³-hybridized carbons (Fsp3) is 0.278. The highest BCUT2D eigenvalue weighted by molar-refractivity contribution is 7.89. The average Bonchev–Trinajstić information content (AvgIpc) is 2.60. The molecule has 1 aliphatic rings. The molecule has 3 N–H and O–H groups in total. The van der Waals surface area contributed by atoms with E-state index >= 15 is 0 Å². The van der Waals surface area contributed by atoms with E-state index in [1.165, 1.54) is 36.8 Å². The van der Waals surface area contributed by atoms with Gasteiger partial charge in [-0.15, -0.1) is 0 Å². The van der Waals surface area contributed by atoms with Crippen LogP contribution in [-0.2, 0) is 22.9 Å². The fourth-order valence-electron chi connectivity index (χ4n) is 3.05. The Balaban J connectivity index is 1.86. The molecule has 2 aromatic carbocycles. The SMILES string of the molecule is COc1ccc(NC(=O)c2ccc3c(c2)CCCC3)cc1S(N)(=O)=O. The van der Waals surface area contributed by atoms with E-state index in [2.05, 4.69) is 5.32 Å². The molecule has 6 nitrogen and oxygen atoms in total. The Morgan fingerprint density at radius 1 is 1.08 bits per heavy atom. The molecule has 0 aromatic heterocycles. The van der Waals surface area contributed by atoms with Crippen LogP contribution >= 0.6 is 0 Å². The summed E-state index contributed by atoms with van der Waals surface area (Å²) < 4.78 is 28.3. The number of rotatable bonds is 4. The second kappa shape index (κ2) is 6.85. The molecular weight excluding hydrogens is 340 g/mol. The molecule has 0 saturated carbocycles. The van der Waals surface area contributed by atoms with Gasteiger partial charge in [0.2, 0.25) is 10.0 Å². The molecule has 0 bridgehead atoms. The Bertz CT molecular complexity index is 923. The van der Waals surface area contributed by atoms with Crippen molar-refractivity contribution in [1.82, 2.24) is 0 Å². The third-order valence-electron chi connectivity index (χ3n) is 4.34. The van der Waals surface area contributed by atoms with Gasteiger partial charge in [-0.2, -0.15) is 0 Å². The van der Waals surface area contributed by atoms with Gasteiger partial charge >= 0.3 is 0 Å². The molecular formula is C18H20N2O4S. The molecule has 3 rings (SSSR count). The van der Waals surface area contributed by atoms with Crippen LogP contribution in [0.1, 0.15) is 34.3 Å². The van der Waals surface area contributed by atoms with Crippen molar-refractivity contribution in [3.8, 4) is 5.75 Å². The number of fused-ring (bicyclic) bond motifs is 1. The van der Waals surface area contributed by atoms with Crippen LogP contribution in [0.3, 0.4) is 0 Å². The minimum atomic E-state index is -3.96. The minimum Gasteiger partial charge on any atom is -0.495 e. The molecule has 0 heterocycles. The Kier molecular flexibility index (Phi) is 4.78. The molecule has 1 amide bonds. The van der Waals surface area contributed by atoms with E-state index < -0.39 is 10.0 Å². The predicted octanol–water partition coefficient (Wildman–Crippen LogP) is 2.47. The Labute approximate surface area is 147 Å². The van der Waals surface area contributed by atoms with Crippen LogP contribution in [0.25, 0.3) is 0 Å². The predicted molar refractivity (Wildman–Crippen MR) is 95.4 cm³/mol. The maximum Gasteiger partial charge on any atom is 0.255 e. The van der Waals surface area contributed by atoms with Gasteiger partial charge in [0, 0.05) is 11.3 Å². The number of anilines is 1. The summed E-state index contributed by atoms with van der Waals surface area (Å²) in [6.07, 6.45) is 4.34. The van der Waals surface area contributed by atoms with Gasteiger partial charge < -0.3 is 10.1 Å². The van der Waals surface area contributed by atoms with Crippen molar-refractivity contribution >= 4 is 21.6 Å². The summed E-state index contributed by atoms with van der Waals surface area (Å²) in [6.45, 7) is 0. The molecule has 0 aliphatic heterocycles. The number of aryl methyl sites for hydroxylation is 2. The van der Waals surface area contributed by atoms with Crippen LogP contribution < -0.4 is 15.2 Å². The summed E-state index contributed by atoms with van der Waals surface area (Å²) >= 11 is 0. The average molecular weight is 360 g/mol. The number of hydrogen-bond donors (Lipinski definition) is 2. The molecule has 0 atom stereocenters. The van der Waals surface area contributed by atoms with Gasteiger partial charge in [-0.25, -0.2) is 13.6 Å². The molecule has 1 aliphatic carbocycles. The lowest BCUT2D eigenvalue weighted by molar-refractivity contribution is 0.102. The zero-order chi connectivity index (χ0) is 18.0. The van der Waals surface area contributed by atoms with Crippen LogP contribution in [0.2, 0.25) is 0 Å². The van der Waals surface area contributed by atoms with Gasteiger partial charge in [-0.3, -0.25) is 4.79 Å². The number of hydrogen-bond acceptors (Lipinski definition) is 4. The van der Waals surface area contributed by atoms with E-state index in [9.17, 15) is 13.2 Å². The van der Waals surface area contributed by atoms with Crippen LogP contribution in [0.4, 0.5) is 5.69 Å². The number of ether oxygens (including phenoxy) is 1. The number of benzene rings is 2. The fourth-order valence-corrected chi connectivity index (χ4v) is 3.78. The van der Waals surface area contributed by atoms with Crippen LogP contribution in [0, 0.1) is 0 Å². The molecule has 25 heavy (non-hydrogen) atoms. The minimum absolute atomic E-state index is 0.134. The molecule has 0 spiro atoms.